The van der Waals surface area contributed by atoms with Crippen molar-refractivity contribution in [3.63, 3.8) is 0 Å². The average Bonchev–Trinajstić information content (AvgIpc) is 3.31. The zero-order valence-electron chi connectivity index (χ0n) is 24.6. The van der Waals surface area contributed by atoms with Crippen molar-refractivity contribution < 1.29 is 14.3 Å². The highest BCUT2D eigenvalue weighted by atomic mass is 127. The molecule has 0 radical (unpaired) electrons. The molecule has 3 aromatic carbocycles. The van der Waals surface area contributed by atoms with Gasteiger partial charge in [0.25, 0.3) is 11.5 Å². The lowest BCUT2D eigenvalue weighted by molar-refractivity contribution is -0.127. The van der Waals surface area contributed by atoms with Crippen LogP contribution in [0.4, 0.5) is 0 Å². The molecule has 44 heavy (non-hydrogen) atoms. The van der Waals surface area contributed by atoms with Crippen LogP contribution in [0.2, 0.25) is 10.0 Å². The Labute approximate surface area is 283 Å². The number of ether oxygens (including phenoxy) is 2. The fourth-order valence-corrected chi connectivity index (χ4v) is 7.26. The van der Waals surface area contributed by atoms with E-state index in [1.807, 2.05) is 75.4 Å². The maximum absolute atomic E-state index is 14.1. The van der Waals surface area contributed by atoms with Crippen molar-refractivity contribution in [3.05, 3.63) is 122 Å². The zero-order valence-corrected chi connectivity index (χ0v) is 29.1. The summed E-state index contributed by atoms with van der Waals surface area (Å²) < 4.78 is 14.7. The molecule has 0 aliphatic carbocycles. The second-order valence-electron chi connectivity index (χ2n) is 10.0. The Hall–Kier alpha value is -3.12. The molecule has 2 heterocycles. The number of methoxy groups -OCH3 is 1. The van der Waals surface area contributed by atoms with Crippen LogP contribution in [0.3, 0.4) is 0 Å². The summed E-state index contributed by atoms with van der Waals surface area (Å²) >= 11 is 16.0. The first-order chi connectivity index (χ1) is 21.2. The Morgan fingerprint density at radius 3 is 2.48 bits per heavy atom. The minimum atomic E-state index is -0.644. The first-order valence-corrected chi connectivity index (χ1v) is 16.6. The Kier molecular flexibility index (Phi) is 10.2. The van der Waals surface area contributed by atoms with Gasteiger partial charge in [0.2, 0.25) is 0 Å². The Morgan fingerprint density at radius 1 is 1.11 bits per heavy atom. The van der Waals surface area contributed by atoms with Gasteiger partial charge in [-0.1, -0.05) is 64.9 Å². The molecule has 11 heteroatoms. The minimum absolute atomic E-state index is 0.142. The highest BCUT2D eigenvalue weighted by Gasteiger charge is 2.34. The number of benzene rings is 3. The highest BCUT2D eigenvalue weighted by molar-refractivity contribution is 14.1. The lowest BCUT2D eigenvalue weighted by Gasteiger charge is -2.29. The molecular weight excluding hydrogens is 732 g/mol. The summed E-state index contributed by atoms with van der Waals surface area (Å²) in [7, 11) is 1.58. The molecule has 7 nitrogen and oxygen atoms in total. The molecule has 4 aromatic rings. The number of carbonyl (C=O) groups is 1. The third kappa shape index (κ3) is 6.47. The number of hydrogen-bond donors (Lipinski definition) is 0. The molecule has 0 saturated heterocycles. The monoisotopic (exact) mass is 761 g/mol. The zero-order chi connectivity index (χ0) is 31.5. The van der Waals surface area contributed by atoms with E-state index < -0.39 is 6.04 Å². The number of amides is 1. The van der Waals surface area contributed by atoms with Crippen LogP contribution in [-0.4, -0.2) is 35.6 Å². The topological polar surface area (TPSA) is 73.1 Å². The third-order valence-corrected chi connectivity index (χ3v) is 9.77. The summed E-state index contributed by atoms with van der Waals surface area (Å²) in [5.74, 6) is 0.978. The fraction of sp³-hybridized carbons (Fsp3) is 0.242. The molecule has 0 spiro atoms. The van der Waals surface area contributed by atoms with Crippen LogP contribution < -0.4 is 24.4 Å². The van der Waals surface area contributed by atoms with E-state index >= 15 is 0 Å². The molecule has 228 valence electrons. The number of nitrogens with zero attached hydrogens (tertiary/aromatic N) is 3. The van der Waals surface area contributed by atoms with Gasteiger partial charge in [0.1, 0.15) is 6.61 Å². The molecule has 0 bridgehead atoms. The first-order valence-electron chi connectivity index (χ1n) is 14.0. The van der Waals surface area contributed by atoms with Crippen LogP contribution in [0, 0.1) is 3.57 Å². The van der Waals surface area contributed by atoms with Crippen LogP contribution in [-0.2, 0) is 11.4 Å². The molecule has 1 atom stereocenters. The first kappa shape index (κ1) is 32.3. The quantitative estimate of drug-likeness (QED) is 0.180. The molecule has 1 amide bonds. The minimum Gasteiger partial charge on any atom is -0.493 e. The maximum Gasteiger partial charge on any atom is 0.271 e. The average molecular weight is 762 g/mol. The van der Waals surface area contributed by atoms with Crippen LogP contribution in [0.1, 0.15) is 43.5 Å². The molecular formula is C33H30Cl2IN3O4S. The fourth-order valence-electron chi connectivity index (χ4n) is 5.12. The molecule has 1 aromatic heterocycles. The van der Waals surface area contributed by atoms with E-state index in [0.717, 1.165) is 20.3 Å². The molecule has 0 saturated carbocycles. The summed E-state index contributed by atoms with van der Waals surface area (Å²) in [5.41, 5.74) is 3.24. The summed E-state index contributed by atoms with van der Waals surface area (Å²) in [5, 5.41) is 1.20. The van der Waals surface area contributed by atoms with Crippen molar-refractivity contribution in [3.8, 4) is 11.5 Å². The number of likely N-dealkylation sites (N-methyl/N-ethyl adjacent to an activating group) is 1. The Balaban J connectivity index is 1.59. The molecule has 1 aliphatic rings. The van der Waals surface area contributed by atoms with E-state index in [0.29, 0.717) is 55.2 Å². The number of halogens is 3. The van der Waals surface area contributed by atoms with Crippen LogP contribution in [0.15, 0.2) is 81.7 Å². The highest BCUT2D eigenvalue weighted by Crippen LogP contribution is 2.36. The number of fused-ring (bicyclic) bond motifs is 1. The van der Waals surface area contributed by atoms with Crippen molar-refractivity contribution in [2.24, 2.45) is 4.99 Å². The van der Waals surface area contributed by atoms with Crippen molar-refractivity contribution in [2.75, 3.05) is 20.2 Å². The van der Waals surface area contributed by atoms with Crippen molar-refractivity contribution >= 4 is 69.1 Å². The largest absolute Gasteiger partial charge is 0.493 e. The van der Waals surface area contributed by atoms with Gasteiger partial charge >= 0.3 is 0 Å². The van der Waals surface area contributed by atoms with E-state index in [4.69, 9.17) is 37.7 Å². The SMILES string of the molecule is CCN(CC)C(=O)C1=C(C)N=c2s/c(=C/c3cc(I)c(OCc4ccccc4Cl)c(OC)c3)c(=O)n2[C@@H]1c1ccc(Cl)cc1. The van der Waals surface area contributed by atoms with Crippen LogP contribution in [0.25, 0.3) is 6.08 Å². The maximum atomic E-state index is 14.1. The summed E-state index contributed by atoms with van der Waals surface area (Å²) in [4.78, 5) is 34.9. The predicted molar refractivity (Wildman–Crippen MR) is 185 cm³/mol. The lowest BCUT2D eigenvalue weighted by Crippen LogP contribution is -2.43. The molecule has 0 fully saturated rings. The Bertz CT molecular complexity index is 1930. The normalized spacial score (nSPS) is 14.7. The number of rotatable bonds is 9. The number of hydrogen-bond acceptors (Lipinski definition) is 6. The summed E-state index contributed by atoms with van der Waals surface area (Å²) in [6, 6.07) is 17.9. The van der Waals surface area contributed by atoms with Crippen LogP contribution in [0.5, 0.6) is 11.5 Å². The van der Waals surface area contributed by atoms with Gasteiger partial charge in [0, 0.05) is 28.7 Å². The van der Waals surface area contributed by atoms with Crippen LogP contribution >= 0.6 is 57.1 Å². The van der Waals surface area contributed by atoms with E-state index in [2.05, 4.69) is 22.6 Å². The third-order valence-electron chi connectivity index (χ3n) is 7.37. The molecule has 1 aliphatic heterocycles. The molecule has 0 N–H and O–H groups in total. The Morgan fingerprint density at radius 2 is 1.82 bits per heavy atom. The second kappa shape index (κ2) is 13.9. The molecule has 0 unspecified atom stereocenters. The van der Waals surface area contributed by atoms with Crippen molar-refractivity contribution in [1.29, 1.82) is 0 Å². The lowest BCUT2D eigenvalue weighted by atomic mass is 9.94. The smallest absolute Gasteiger partial charge is 0.271 e. The standard InChI is InChI=1S/C33H30Cl2IN3O4S/c1-5-38(6-2)32(41)28-19(3)37-33-39(29(28)21-11-13-23(34)14-12-21)31(40)27(44-33)17-20-15-25(36)30(26(16-20)42-4)43-18-22-9-7-8-10-24(22)35/h7-17,29H,5-6,18H2,1-4H3/b27-17+/t29-/m1/s1. The van der Waals surface area contributed by atoms with E-state index in [-0.39, 0.29) is 18.1 Å². The van der Waals surface area contributed by atoms with Gasteiger partial charge in [-0.05, 0) is 90.9 Å². The van der Waals surface area contributed by atoms with Gasteiger partial charge in [-0.3, -0.25) is 14.2 Å². The van der Waals surface area contributed by atoms with E-state index in [1.165, 1.54) is 11.3 Å². The number of aromatic nitrogens is 1. The van der Waals surface area contributed by atoms with Gasteiger partial charge < -0.3 is 14.4 Å². The van der Waals surface area contributed by atoms with Crippen molar-refractivity contribution in [2.45, 2.75) is 33.4 Å². The van der Waals surface area contributed by atoms with E-state index in [9.17, 15) is 9.59 Å². The van der Waals surface area contributed by atoms with Gasteiger partial charge in [-0.2, -0.15) is 0 Å². The second-order valence-corrected chi connectivity index (χ2v) is 13.0. The number of thiazole rings is 1. The van der Waals surface area contributed by atoms with E-state index in [1.54, 1.807) is 28.7 Å². The molecule has 5 rings (SSSR count). The van der Waals surface area contributed by atoms with Gasteiger partial charge in [-0.25, -0.2) is 4.99 Å². The van der Waals surface area contributed by atoms with Gasteiger partial charge in [-0.15, -0.1) is 0 Å². The summed E-state index contributed by atoms with van der Waals surface area (Å²) in [6.07, 6.45) is 1.82. The van der Waals surface area contributed by atoms with Gasteiger partial charge in [0.05, 0.1) is 32.5 Å². The predicted octanol–water partition coefficient (Wildman–Crippen LogP) is 6.60. The number of allylic oxidation sites excluding steroid dienone is 1. The number of carbonyl (C=O) groups excluding carboxylic acids is 1. The van der Waals surface area contributed by atoms with Crippen molar-refractivity contribution in [1.82, 2.24) is 9.47 Å². The van der Waals surface area contributed by atoms with Gasteiger partial charge in [0.15, 0.2) is 16.3 Å². The summed E-state index contributed by atoms with van der Waals surface area (Å²) in [6.45, 7) is 7.07.